The normalized spacial score (nSPS) is 12.4. The highest BCUT2D eigenvalue weighted by Crippen LogP contribution is 2.28. The van der Waals surface area contributed by atoms with Crippen LogP contribution < -0.4 is 5.32 Å². The molecule has 19 heavy (non-hydrogen) atoms. The third-order valence-electron chi connectivity index (χ3n) is 3.09. The number of rotatable bonds is 4. The highest BCUT2D eigenvalue weighted by atomic mass is 79.9. The SMILES string of the molecule is CNC(Cc1ccccc1Br)c1cccc(Br)c1F. The lowest BCUT2D eigenvalue weighted by atomic mass is 9.98. The van der Waals surface area contributed by atoms with Crippen LogP contribution in [0.3, 0.4) is 0 Å². The van der Waals surface area contributed by atoms with Gasteiger partial charge in [-0.1, -0.05) is 46.3 Å². The van der Waals surface area contributed by atoms with Crippen molar-refractivity contribution in [1.29, 1.82) is 0 Å². The van der Waals surface area contributed by atoms with E-state index in [4.69, 9.17) is 0 Å². The Labute approximate surface area is 129 Å². The smallest absolute Gasteiger partial charge is 0.142 e. The molecule has 4 heteroatoms. The van der Waals surface area contributed by atoms with Gasteiger partial charge in [0.25, 0.3) is 0 Å². The maximum atomic E-state index is 14.1. The van der Waals surface area contributed by atoms with Gasteiger partial charge in [-0.2, -0.15) is 0 Å². The lowest BCUT2D eigenvalue weighted by Crippen LogP contribution is -2.20. The van der Waals surface area contributed by atoms with Crippen LogP contribution in [0.4, 0.5) is 4.39 Å². The third kappa shape index (κ3) is 3.44. The van der Waals surface area contributed by atoms with Crippen molar-refractivity contribution in [2.75, 3.05) is 7.05 Å². The van der Waals surface area contributed by atoms with E-state index < -0.39 is 0 Å². The zero-order valence-corrected chi connectivity index (χ0v) is 13.6. The summed E-state index contributed by atoms with van der Waals surface area (Å²) in [6, 6.07) is 13.3. The Morgan fingerprint density at radius 1 is 1.05 bits per heavy atom. The zero-order valence-electron chi connectivity index (χ0n) is 10.5. The fraction of sp³-hybridized carbons (Fsp3) is 0.200. The minimum atomic E-state index is -0.200. The zero-order chi connectivity index (χ0) is 13.8. The van der Waals surface area contributed by atoms with Crippen molar-refractivity contribution in [3.63, 3.8) is 0 Å². The van der Waals surface area contributed by atoms with Gasteiger partial charge in [0.15, 0.2) is 0 Å². The van der Waals surface area contributed by atoms with Crippen LogP contribution in [0.5, 0.6) is 0 Å². The van der Waals surface area contributed by atoms with E-state index in [0.29, 0.717) is 10.0 Å². The molecule has 0 saturated heterocycles. The van der Waals surface area contributed by atoms with E-state index in [1.165, 1.54) is 0 Å². The van der Waals surface area contributed by atoms with Gasteiger partial charge in [-0.25, -0.2) is 4.39 Å². The van der Waals surface area contributed by atoms with E-state index in [0.717, 1.165) is 16.5 Å². The summed E-state index contributed by atoms with van der Waals surface area (Å²) in [5, 5.41) is 3.18. The highest BCUT2D eigenvalue weighted by molar-refractivity contribution is 9.10. The van der Waals surface area contributed by atoms with Crippen LogP contribution in [0.25, 0.3) is 0 Å². The molecule has 0 aliphatic carbocycles. The second kappa shape index (κ2) is 6.64. The maximum Gasteiger partial charge on any atom is 0.142 e. The Morgan fingerprint density at radius 2 is 1.74 bits per heavy atom. The molecule has 0 spiro atoms. The molecule has 0 aromatic heterocycles. The molecular formula is C15H14Br2FN. The maximum absolute atomic E-state index is 14.1. The van der Waals surface area contributed by atoms with Gasteiger partial charge in [0.1, 0.15) is 5.82 Å². The first-order chi connectivity index (χ1) is 9.13. The lowest BCUT2D eigenvalue weighted by Gasteiger charge is -2.18. The Balaban J connectivity index is 2.31. The van der Waals surface area contributed by atoms with Crippen LogP contribution in [0.15, 0.2) is 51.4 Å². The molecule has 0 bridgehead atoms. The van der Waals surface area contributed by atoms with Crippen LogP contribution in [-0.4, -0.2) is 7.05 Å². The van der Waals surface area contributed by atoms with Crippen LogP contribution in [0.1, 0.15) is 17.2 Å². The van der Waals surface area contributed by atoms with Crippen molar-refractivity contribution >= 4 is 31.9 Å². The molecule has 2 aromatic rings. The van der Waals surface area contributed by atoms with Crippen LogP contribution in [0, 0.1) is 5.82 Å². The van der Waals surface area contributed by atoms with E-state index in [1.807, 2.05) is 43.4 Å². The summed E-state index contributed by atoms with van der Waals surface area (Å²) in [5.74, 6) is -0.200. The summed E-state index contributed by atoms with van der Waals surface area (Å²) in [4.78, 5) is 0. The van der Waals surface area contributed by atoms with Crippen molar-refractivity contribution in [1.82, 2.24) is 5.32 Å². The molecule has 1 N–H and O–H groups in total. The van der Waals surface area contributed by atoms with Gasteiger partial charge < -0.3 is 5.32 Å². The second-order valence-corrected chi connectivity index (χ2v) is 5.99. The lowest BCUT2D eigenvalue weighted by molar-refractivity contribution is 0.530. The predicted molar refractivity (Wildman–Crippen MR) is 83.7 cm³/mol. The van der Waals surface area contributed by atoms with E-state index in [9.17, 15) is 4.39 Å². The minimum absolute atomic E-state index is 0.0591. The molecule has 0 saturated carbocycles. The molecule has 1 atom stereocenters. The van der Waals surface area contributed by atoms with Crippen molar-refractivity contribution in [2.45, 2.75) is 12.5 Å². The first-order valence-corrected chi connectivity index (χ1v) is 7.56. The van der Waals surface area contributed by atoms with E-state index in [-0.39, 0.29) is 11.9 Å². The molecule has 0 radical (unpaired) electrons. The standard InChI is InChI=1S/C15H14Br2FN/c1-19-14(9-10-5-2-3-7-12(10)16)11-6-4-8-13(17)15(11)18/h2-8,14,19H,9H2,1H3. The van der Waals surface area contributed by atoms with Crippen molar-refractivity contribution < 1.29 is 4.39 Å². The molecule has 100 valence electrons. The topological polar surface area (TPSA) is 12.0 Å². The fourth-order valence-electron chi connectivity index (χ4n) is 2.04. The number of halogens is 3. The number of hydrogen-bond acceptors (Lipinski definition) is 1. The van der Waals surface area contributed by atoms with Gasteiger partial charge in [0, 0.05) is 16.1 Å². The average molecular weight is 387 g/mol. The van der Waals surface area contributed by atoms with Crippen LogP contribution >= 0.6 is 31.9 Å². The van der Waals surface area contributed by atoms with Gasteiger partial charge in [0.2, 0.25) is 0 Å². The van der Waals surface area contributed by atoms with Crippen molar-refractivity contribution in [3.8, 4) is 0 Å². The largest absolute Gasteiger partial charge is 0.313 e. The quantitative estimate of drug-likeness (QED) is 0.791. The van der Waals surface area contributed by atoms with Crippen molar-refractivity contribution in [3.05, 3.63) is 68.4 Å². The summed E-state index contributed by atoms with van der Waals surface area (Å²) in [6.45, 7) is 0. The number of nitrogens with one attached hydrogen (secondary N) is 1. The first-order valence-electron chi connectivity index (χ1n) is 5.98. The minimum Gasteiger partial charge on any atom is -0.313 e. The third-order valence-corrected chi connectivity index (χ3v) is 4.47. The molecule has 0 fully saturated rings. The Kier molecular flexibility index (Phi) is 5.13. The molecule has 1 nitrogen and oxygen atoms in total. The monoisotopic (exact) mass is 385 g/mol. The van der Waals surface area contributed by atoms with E-state index in [2.05, 4.69) is 37.2 Å². The first kappa shape index (κ1) is 14.7. The summed E-state index contributed by atoms with van der Waals surface area (Å²) in [5.41, 5.74) is 1.83. The molecule has 1 unspecified atom stereocenters. The average Bonchev–Trinajstić information content (AvgIpc) is 2.41. The van der Waals surface area contributed by atoms with Gasteiger partial charge in [-0.3, -0.25) is 0 Å². The Hall–Kier alpha value is -0.710. The Bertz CT molecular complexity index is 572. The predicted octanol–water partition coefficient (Wildman–Crippen LogP) is 4.85. The molecule has 2 aromatic carbocycles. The number of benzene rings is 2. The molecule has 0 aliphatic heterocycles. The molecule has 0 heterocycles. The molecule has 0 aliphatic rings. The molecule has 2 rings (SSSR count). The van der Waals surface area contributed by atoms with Crippen molar-refractivity contribution in [2.24, 2.45) is 0 Å². The van der Waals surface area contributed by atoms with Crippen LogP contribution in [0.2, 0.25) is 0 Å². The summed E-state index contributed by atoms with van der Waals surface area (Å²) >= 11 is 6.76. The fourth-order valence-corrected chi connectivity index (χ4v) is 2.87. The highest BCUT2D eigenvalue weighted by Gasteiger charge is 2.17. The van der Waals surface area contributed by atoms with Gasteiger partial charge in [-0.15, -0.1) is 0 Å². The van der Waals surface area contributed by atoms with Gasteiger partial charge in [-0.05, 0) is 47.1 Å². The van der Waals surface area contributed by atoms with Crippen LogP contribution in [-0.2, 0) is 6.42 Å². The molecule has 0 amide bonds. The van der Waals surface area contributed by atoms with E-state index in [1.54, 1.807) is 6.07 Å². The van der Waals surface area contributed by atoms with Gasteiger partial charge in [0.05, 0.1) is 4.47 Å². The number of hydrogen-bond donors (Lipinski definition) is 1. The summed E-state index contributed by atoms with van der Waals surface area (Å²) in [6.07, 6.45) is 0.727. The number of likely N-dealkylation sites (N-methyl/N-ethyl adjacent to an activating group) is 1. The summed E-state index contributed by atoms with van der Waals surface area (Å²) < 4.78 is 15.7. The summed E-state index contributed by atoms with van der Waals surface area (Å²) in [7, 11) is 1.85. The second-order valence-electron chi connectivity index (χ2n) is 4.28. The van der Waals surface area contributed by atoms with E-state index >= 15 is 0 Å². The van der Waals surface area contributed by atoms with Gasteiger partial charge >= 0.3 is 0 Å². The Morgan fingerprint density at radius 3 is 2.42 bits per heavy atom. The molecular weight excluding hydrogens is 373 g/mol.